The van der Waals surface area contributed by atoms with Gasteiger partial charge in [0.1, 0.15) is 17.2 Å². The first-order valence-electron chi connectivity index (χ1n) is 13.9. The second-order valence-electron chi connectivity index (χ2n) is 11.0. The number of amides is 1. The second kappa shape index (κ2) is 10.3. The lowest BCUT2D eigenvalue weighted by Gasteiger charge is -2.38. The molecule has 1 amide bonds. The number of Topliss-reactive ketones (excluding diaryl/α,β-unsaturated/α-hetero) is 2. The molecule has 0 radical (unpaired) electrons. The third-order valence-corrected chi connectivity index (χ3v) is 9.52. The Bertz CT molecular complexity index is 1940. The Morgan fingerprint density at radius 3 is 2.48 bits per heavy atom. The largest absolute Gasteiger partial charge is 0.496 e. The topological polar surface area (TPSA) is 119 Å². The first-order valence-corrected chi connectivity index (χ1v) is 14.7. The van der Waals surface area contributed by atoms with Crippen LogP contribution in [0.25, 0.3) is 6.08 Å². The van der Waals surface area contributed by atoms with E-state index in [0.29, 0.717) is 27.0 Å². The minimum absolute atomic E-state index is 0.0478. The van der Waals surface area contributed by atoms with Crippen molar-refractivity contribution in [3.63, 3.8) is 0 Å². The number of carbonyl (C=O) groups excluding carboxylic acids is 3. The summed E-state index contributed by atoms with van der Waals surface area (Å²) in [6.07, 6.45) is 3.66. The van der Waals surface area contributed by atoms with Crippen LogP contribution in [-0.4, -0.2) is 40.4 Å². The van der Waals surface area contributed by atoms with E-state index in [1.165, 1.54) is 31.4 Å². The maximum Gasteiger partial charge on any atom is 0.270 e. The fourth-order valence-corrected chi connectivity index (χ4v) is 7.65. The van der Waals surface area contributed by atoms with E-state index in [2.05, 4.69) is 21.2 Å². The third-order valence-electron chi connectivity index (χ3n) is 8.90. The summed E-state index contributed by atoms with van der Waals surface area (Å²) < 4.78 is 5.92. The Labute approximate surface area is 260 Å². The zero-order chi connectivity index (χ0) is 30.7. The van der Waals surface area contributed by atoms with Gasteiger partial charge in [-0.1, -0.05) is 54.6 Å². The molecule has 9 nitrogen and oxygen atoms in total. The summed E-state index contributed by atoms with van der Waals surface area (Å²) in [7, 11) is 1.52. The number of para-hydroxylation sites is 1. The number of ketones is 2. The lowest BCUT2D eigenvalue weighted by molar-refractivity contribution is -0.384. The van der Waals surface area contributed by atoms with Crippen LogP contribution in [0.2, 0.25) is 0 Å². The highest BCUT2D eigenvalue weighted by Gasteiger charge is 2.70. The van der Waals surface area contributed by atoms with Gasteiger partial charge in [0.05, 0.1) is 28.5 Å². The molecule has 3 heterocycles. The maximum atomic E-state index is 14.9. The third kappa shape index (κ3) is 3.87. The number of hydrogen-bond donors (Lipinski definition) is 1. The standard InChI is InChI=1S/C34H24BrN3O6/c1-44-27-14-13-21(18-25(27)35)31(40)29-28(30(39)20-8-6-9-22(17-20)38(42)43)34(24-11-4-5-12-26(24)36-33(34)41)32-23-10-3-2-7-19(23)15-16-37(29)32/h2-18,28-29,32H,1H3,(H,36,41)/t28-,29-,32-,34+/m1/s1. The highest BCUT2D eigenvalue weighted by atomic mass is 79.9. The van der Waals surface area contributed by atoms with Crippen molar-refractivity contribution in [1.82, 2.24) is 4.90 Å². The van der Waals surface area contributed by atoms with Crippen molar-refractivity contribution in [3.05, 3.63) is 140 Å². The van der Waals surface area contributed by atoms with Gasteiger partial charge in [0.15, 0.2) is 11.6 Å². The molecule has 0 aromatic heterocycles. The quantitative estimate of drug-likeness (QED) is 0.147. The molecule has 218 valence electrons. The molecular weight excluding hydrogens is 626 g/mol. The fraction of sp³-hybridized carbons (Fsp3) is 0.147. The molecule has 1 saturated heterocycles. The minimum Gasteiger partial charge on any atom is -0.496 e. The summed E-state index contributed by atoms with van der Waals surface area (Å²) in [6.45, 7) is 0. The number of nitrogens with one attached hydrogen (secondary N) is 1. The summed E-state index contributed by atoms with van der Waals surface area (Å²) in [5.41, 5.74) is 1.38. The lowest BCUT2D eigenvalue weighted by atomic mass is 9.62. The van der Waals surface area contributed by atoms with Crippen LogP contribution in [0.15, 0.2) is 102 Å². The van der Waals surface area contributed by atoms with Crippen molar-refractivity contribution in [2.75, 3.05) is 12.4 Å². The van der Waals surface area contributed by atoms with Crippen LogP contribution in [0.3, 0.4) is 0 Å². The van der Waals surface area contributed by atoms with Crippen molar-refractivity contribution >= 4 is 50.9 Å². The number of rotatable bonds is 6. The molecule has 0 bridgehead atoms. The number of non-ortho nitro benzene ring substituents is 1. The summed E-state index contributed by atoms with van der Waals surface area (Å²) in [5.74, 6) is -2.04. The van der Waals surface area contributed by atoms with E-state index < -0.39 is 40.0 Å². The number of benzene rings is 4. The minimum atomic E-state index is -1.54. The Morgan fingerprint density at radius 1 is 0.955 bits per heavy atom. The van der Waals surface area contributed by atoms with Gasteiger partial charge in [0, 0.05) is 35.1 Å². The molecule has 1 N–H and O–H groups in total. The highest BCUT2D eigenvalue weighted by molar-refractivity contribution is 9.10. The van der Waals surface area contributed by atoms with Gasteiger partial charge >= 0.3 is 0 Å². The molecule has 0 unspecified atom stereocenters. The monoisotopic (exact) mass is 649 g/mol. The number of nitrogens with zero attached hydrogens (tertiary/aromatic N) is 2. The number of nitro benzene ring substituents is 1. The Balaban J connectivity index is 1.52. The van der Waals surface area contributed by atoms with Gasteiger partial charge in [-0.25, -0.2) is 0 Å². The molecule has 4 atom stereocenters. The second-order valence-corrected chi connectivity index (χ2v) is 11.8. The molecule has 0 aliphatic carbocycles. The van der Waals surface area contributed by atoms with E-state index in [1.807, 2.05) is 41.3 Å². The molecule has 44 heavy (non-hydrogen) atoms. The molecule has 1 fully saturated rings. The van der Waals surface area contributed by atoms with E-state index in [4.69, 9.17) is 4.74 Å². The fourth-order valence-electron chi connectivity index (χ4n) is 7.11. The van der Waals surface area contributed by atoms with Crippen molar-refractivity contribution in [2.24, 2.45) is 5.92 Å². The van der Waals surface area contributed by atoms with Crippen molar-refractivity contribution in [1.29, 1.82) is 0 Å². The first-order chi connectivity index (χ1) is 21.3. The van der Waals surface area contributed by atoms with E-state index in [1.54, 1.807) is 42.6 Å². The summed E-state index contributed by atoms with van der Waals surface area (Å²) >= 11 is 3.47. The Hall–Kier alpha value is -5.09. The van der Waals surface area contributed by atoms with Crippen LogP contribution < -0.4 is 10.1 Å². The van der Waals surface area contributed by atoms with Gasteiger partial charge in [0.25, 0.3) is 5.69 Å². The number of methoxy groups -OCH3 is 1. The van der Waals surface area contributed by atoms with Crippen LogP contribution in [0, 0.1) is 16.0 Å². The van der Waals surface area contributed by atoms with Gasteiger partial charge in [-0.15, -0.1) is 0 Å². The lowest BCUT2D eigenvalue weighted by Crippen LogP contribution is -2.49. The smallest absolute Gasteiger partial charge is 0.270 e. The normalized spacial score (nSPS) is 22.6. The molecule has 0 saturated carbocycles. The maximum absolute atomic E-state index is 14.9. The summed E-state index contributed by atoms with van der Waals surface area (Å²) in [4.78, 5) is 57.1. The molecule has 1 spiro atoms. The molecule has 3 aliphatic heterocycles. The number of fused-ring (bicyclic) bond motifs is 6. The van der Waals surface area contributed by atoms with E-state index in [-0.39, 0.29) is 17.0 Å². The highest BCUT2D eigenvalue weighted by Crippen LogP contribution is 2.62. The van der Waals surface area contributed by atoms with Crippen LogP contribution in [-0.2, 0) is 10.2 Å². The van der Waals surface area contributed by atoms with Gasteiger partial charge in [0.2, 0.25) is 5.91 Å². The zero-order valence-electron chi connectivity index (χ0n) is 23.3. The molecule has 4 aromatic rings. The summed E-state index contributed by atoms with van der Waals surface area (Å²) in [5, 5.41) is 14.7. The van der Waals surface area contributed by atoms with Crippen molar-refractivity contribution in [3.8, 4) is 5.75 Å². The van der Waals surface area contributed by atoms with E-state index in [0.717, 1.165) is 11.1 Å². The number of carbonyl (C=O) groups is 3. The van der Waals surface area contributed by atoms with Gasteiger partial charge < -0.3 is 15.0 Å². The molecular formula is C34H24BrN3O6. The number of halogens is 1. The molecule has 7 rings (SSSR count). The predicted molar refractivity (Wildman–Crippen MR) is 167 cm³/mol. The number of nitro groups is 1. The SMILES string of the molecule is COc1ccc(C(=O)[C@H]2[C@H](C(=O)c3cccc([N+](=O)[O-])c3)[C@]3(C(=O)Nc4ccccc43)[C@H]3c4ccccc4C=CN23)cc1Br. The van der Waals surface area contributed by atoms with Crippen LogP contribution >= 0.6 is 15.9 Å². The molecule has 3 aliphatic rings. The van der Waals surface area contributed by atoms with E-state index in [9.17, 15) is 24.5 Å². The van der Waals surface area contributed by atoms with Gasteiger partial charge in [-0.2, -0.15) is 0 Å². The zero-order valence-corrected chi connectivity index (χ0v) is 24.9. The molecule has 4 aromatic carbocycles. The summed E-state index contributed by atoms with van der Waals surface area (Å²) in [6, 6.07) is 23.3. The van der Waals surface area contributed by atoms with Crippen molar-refractivity contribution < 1.29 is 24.0 Å². The Kier molecular flexibility index (Phi) is 6.47. The van der Waals surface area contributed by atoms with Crippen LogP contribution in [0.1, 0.15) is 43.4 Å². The average Bonchev–Trinajstić information content (AvgIpc) is 3.52. The first kappa shape index (κ1) is 27.7. The number of anilines is 1. The van der Waals surface area contributed by atoms with Crippen LogP contribution in [0.5, 0.6) is 5.75 Å². The number of hydrogen-bond acceptors (Lipinski definition) is 7. The molecule has 10 heteroatoms. The Morgan fingerprint density at radius 2 is 1.70 bits per heavy atom. The van der Waals surface area contributed by atoms with Crippen molar-refractivity contribution in [2.45, 2.75) is 17.5 Å². The van der Waals surface area contributed by atoms with Gasteiger partial charge in [-0.05, 0) is 63.0 Å². The number of ether oxygens (including phenoxy) is 1. The van der Waals surface area contributed by atoms with E-state index >= 15 is 0 Å². The van der Waals surface area contributed by atoms with Gasteiger partial charge in [-0.3, -0.25) is 24.5 Å². The van der Waals surface area contributed by atoms with Crippen LogP contribution in [0.4, 0.5) is 11.4 Å². The average molecular weight is 650 g/mol. The predicted octanol–water partition coefficient (Wildman–Crippen LogP) is 6.35.